The van der Waals surface area contributed by atoms with E-state index in [4.69, 9.17) is 5.73 Å². The van der Waals surface area contributed by atoms with Gasteiger partial charge in [0.25, 0.3) is 0 Å². The van der Waals surface area contributed by atoms with Crippen molar-refractivity contribution in [3.05, 3.63) is 0 Å². The van der Waals surface area contributed by atoms with Crippen molar-refractivity contribution in [2.24, 2.45) is 11.7 Å². The Labute approximate surface area is 177 Å². The van der Waals surface area contributed by atoms with Crippen LogP contribution >= 0.6 is 0 Å². The SMILES string of the molecule is CCCCCCCCCCCCC(C(N)=O)C(CC)N(CCCC)CCCC. The second-order valence-electron chi connectivity index (χ2n) is 8.70. The van der Waals surface area contributed by atoms with Gasteiger partial charge in [-0.05, 0) is 38.8 Å². The normalized spacial score (nSPS) is 13.8. The van der Waals surface area contributed by atoms with Gasteiger partial charge in [0.15, 0.2) is 0 Å². The average molecular weight is 397 g/mol. The second kappa shape index (κ2) is 19.7. The number of rotatable bonds is 21. The number of nitrogens with two attached hydrogens (primary N) is 1. The first kappa shape index (κ1) is 27.4. The molecule has 0 aliphatic rings. The van der Waals surface area contributed by atoms with Gasteiger partial charge < -0.3 is 5.73 Å². The van der Waals surface area contributed by atoms with Crippen LogP contribution in [0.5, 0.6) is 0 Å². The van der Waals surface area contributed by atoms with Crippen molar-refractivity contribution in [1.82, 2.24) is 4.90 Å². The number of unbranched alkanes of at least 4 members (excludes halogenated alkanes) is 11. The molecule has 3 nitrogen and oxygen atoms in total. The minimum absolute atomic E-state index is 0.0211. The number of amides is 1. The minimum Gasteiger partial charge on any atom is -0.369 e. The van der Waals surface area contributed by atoms with E-state index in [0.29, 0.717) is 6.04 Å². The summed E-state index contributed by atoms with van der Waals surface area (Å²) in [5, 5.41) is 0. The number of nitrogens with zero attached hydrogens (tertiary/aromatic N) is 1. The van der Waals surface area contributed by atoms with Crippen molar-refractivity contribution in [3.8, 4) is 0 Å². The molecule has 0 aromatic rings. The highest BCUT2D eigenvalue weighted by Gasteiger charge is 2.29. The first-order chi connectivity index (χ1) is 13.6. The maximum atomic E-state index is 12.2. The third-order valence-electron chi connectivity index (χ3n) is 6.18. The Morgan fingerprint density at radius 2 is 1.11 bits per heavy atom. The molecule has 0 fully saturated rings. The number of hydrogen-bond donors (Lipinski definition) is 1. The highest BCUT2D eigenvalue weighted by molar-refractivity contribution is 5.77. The molecule has 0 rings (SSSR count). The summed E-state index contributed by atoms with van der Waals surface area (Å²) in [5.74, 6) is -0.0615. The third kappa shape index (κ3) is 13.6. The van der Waals surface area contributed by atoms with E-state index in [1.165, 1.54) is 83.5 Å². The Hall–Kier alpha value is -0.570. The zero-order valence-corrected chi connectivity index (χ0v) is 19.8. The van der Waals surface area contributed by atoms with Crippen LogP contribution in [0.15, 0.2) is 0 Å². The van der Waals surface area contributed by atoms with Gasteiger partial charge in [-0.15, -0.1) is 0 Å². The van der Waals surface area contributed by atoms with Crippen molar-refractivity contribution in [2.75, 3.05) is 13.1 Å². The molecule has 0 saturated heterocycles. The first-order valence-electron chi connectivity index (χ1n) is 12.7. The van der Waals surface area contributed by atoms with Crippen LogP contribution in [0.1, 0.15) is 130 Å². The fourth-order valence-corrected chi connectivity index (χ4v) is 4.34. The van der Waals surface area contributed by atoms with Crippen molar-refractivity contribution in [2.45, 2.75) is 136 Å². The molecule has 0 saturated carbocycles. The van der Waals surface area contributed by atoms with Crippen molar-refractivity contribution in [1.29, 1.82) is 0 Å². The van der Waals surface area contributed by atoms with E-state index in [9.17, 15) is 4.79 Å². The minimum atomic E-state index is -0.0826. The van der Waals surface area contributed by atoms with Gasteiger partial charge in [0, 0.05) is 6.04 Å². The highest BCUT2D eigenvalue weighted by atomic mass is 16.1. The molecule has 0 aromatic carbocycles. The number of hydrogen-bond acceptors (Lipinski definition) is 2. The number of carbonyl (C=O) groups excluding carboxylic acids is 1. The lowest BCUT2D eigenvalue weighted by Crippen LogP contribution is -2.46. The molecule has 0 aliphatic carbocycles. The van der Waals surface area contributed by atoms with Gasteiger partial charge in [-0.3, -0.25) is 9.69 Å². The van der Waals surface area contributed by atoms with E-state index in [-0.39, 0.29) is 11.8 Å². The van der Waals surface area contributed by atoms with Gasteiger partial charge in [-0.2, -0.15) is 0 Å². The molecule has 2 unspecified atom stereocenters. The summed E-state index contributed by atoms with van der Waals surface area (Å²) in [4.78, 5) is 14.8. The van der Waals surface area contributed by atoms with Crippen LogP contribution in [0.4, 0.5) is 0 Å². The largest absolute Gasteiger partial charge is 0.369 e. The number of primary amides is 1. The van der Waals surface area contributed by atoms with E-state index in [1.54, 1.807) is 0 Å². The molecular formula is C25H52N2O. The van der Waals surface area contributed by atoms with Gasteiger partial charge in [-0.25, -0.2) is 0 Å². The first-order valence-corrected chi connectivity index (χ1v) is 12.7. The van der Waals surface area contributed by atoms with Gasteiger partial charge in [0.2, 0.25) is 5.91 Å². The van der Waals surface area contributed by atoms with E-state index < -0.39 is 0 Å². The highest BCUT2D eigenvalue weighted by Crippen LogP contribution is 2.23. The summed E-state index contributed by atoms with van der Waals surface area (Å²) < 4.78 is 0. The molecule has 168 valence electrons. The fourth-order valence-electron chi connectivity index (χ4n) is 4.34. The standard InChI is InChI=1S/C25H52N2O/c1-5-9-12-13-14-15-16-17-18-19-20-23(25(26)28)24(8-4)27(21-10-6-2)22-11-7-3/h23-24H,5-22H2,1-4H3,(H2,26,28). The lowest BCUT2D eigenvalue weighted by molar-refractivity contribution is -0.124. The van der Waals surface area contributed by atoms with Gasteiger partial charge in [0.1, 0.15) is 0 Å². The van der Waals surface area contributed by atoms with Crippen LogP contribution in [0.2, 0.25) is 0 Å². The van der Waals surface area contributed by atoms with Crippen molar-refractivity contribution >= 4 is 5.91 Å². The van der Waals surface area contributed by atoms with Crippen LogP contribution in [0.25, 0.3) is 0 Å². The summed E-state index contributed by atoms with van der Waals surface area (Å²) in [7, 11) is 0. The van der Waals surface area contributed by atoms with Gasteiger partial charge in [0.05, 0.1) is 5.92 Å². The predicted octanol–water partition coefficient (Wildman–Crippen LogP) is 7.08. The van der Waals surface area contributed by atoms with Crippen LogP contribution in [0.3, 0.4) is 0 Å². The van der Waals surface area contributed by atoms with E-state index in [2.05, 4.69) is 32.6 Å². The third-order valence-corrected chi connectivity index (χ3v) is 6.18. The van der Waals surface area contributed by atoms with Gasteiger partial charge >= 0.3 is 0 Å². The maximum Gasteiger partial charge on any atom is 0.222 e. The van der Waals surface area contributed by atoms with Gasteiger partial charge in [-0.1, -0.05) is 105 Å². The van der Waals surface area contributed by atoms with Crippen molar-refractivity contribution < 1.29 is 4.79 Å². The Kier molecular flexibility index (Phi) is 19.3. The zero-order valence-electron chi connectivity index (χ0n) is 19.8. The summed E-state index contributed by atoms with van der Waals surface area (Å²) in [5.41, 5.74) is 5.86. The lowest BCUT2D eigenvalue weighted by Gasteiger charge is -2.35. The summed E-state index contributed by atoms with van der Waals surface area (Å²) in [6, 6.07) is 0.328. The summed E-state index contributed by atoms with van der Waals surface area (Å²) in [6.45, 7) is 11.2. The molecule has 0 spiro atoms. The van der Waals surface area contributed by atoms with E-state index in [0.717, 1.165) is 32.4 Å². The Balaban J connectivity index is 4.31. The lowest BCUT2D eigenvalue weighted by atomic mass is 9.89. The molecule has 28 heavy (non-hydrogen) atoms. The smallest absolute Gasteiger partial charge is 0.222 e. The quantitative estimate of drug-likeness (QED) is 0.211. The number of carbonyl (C=O) groups is 1. The van der Waals surface area contributed by atoms with Crippen LogP contribution in [-0.2, 0) is 4.79 Å². The fraction of sp³-hybridized carbons (Fsp3) is 0.960. The van der Waals surface area contributed by atoms with Crippen LogP contribution in [0, 0.1) is 5.92 Å². The zero-order chi connectivity index (χ0) is 21.0. The topological polar surface area (TPSA) is 46.3 Å². The molecule has 0 bridgehead atoms. The summed E-state index contributed by atoms with van der Waals surface area (Å²) in [6.07, 6.45) is 20.2. The molecule has 0 radical (unpaired) electrons. The maximum absolute atomic E-state index is 12.2. The van der Waals surface area contributed by atoms with E-state index in [1.807, 2.05) is 0 Å². The van der Waals surface area contributed by atoms with E-state index >= 15 is 0 Å². The molecule has 0 aliphatic heterocycles. The molecule has 0 heterocycles. The molecule has 2 atom stereocenters. The van der Waals surface area contributed by atoms with Crippen LogP contribution in [-0.4, -0.2) is 29.9 Å². The molecule has 2 N–H and O–H groups in total. The predicted molar refractivity (Wildman–Crippen MR) is 125 cm³/mol. The summed E-state index contributed by atoms with van der Waals surface area (Å²) >= 11 is 0. The Bertz CT molecular complexity index is 337. The van der Waals surface area contributed by atoms with Crippen LogP contribution < -0.4 is 5.73 Å². The Morgan fingerprint density at radius 3 is 1.50 bits per heavy atom. The molecule has 0 aromatic heterocycles. The Morgan fingerprint density at radius 1 is 0.679 bits per heavy atom. The van der Waals surface area contributed by atoms with Crippen molar-refractivity contribution in [3.63, 3.8) is 0 Å². The molecule has 1 amide bonds. The monoisotopic (exact) mass is 396 g/mol. The second-order valence-corrected chi connectivity index (χ2v) is 8.70. The molecule has 3 heteroatoms. The average Bonchev–Trinajstić information content (AvgIpc) is 2.69. The molecular weight excluding hydrogens is 344 g/mol.